The predicted octanol–water partition coefficient (Wildman–Crippen LogP) is 6.74. The average Bonchev–Trinajstić information content (AvgIpc) is 3.69. The topological polar surface area (TPSA) is 105 Å². The summed E-state index contributed by atoms with van der Waals surface area (Å²) in [5.74, 6) is 0.389. The number of fused-ring (bicyclic) bond motifs is 4. The molecule has 39 heavy (non-hydrogen) atoms. The Bertz CT molecular complexity index is 1780. The summed E-state index contributed by atoms with van der Waals surface area (Å²) in [5, 5.41) is 12.9. The maximum atomic E-state index is 11.9. The second-order valence-electron chi connectivity index (χ2n) is 8.20. The smallest absolute Gasteiger partial charge is 0.497 e. The zero-order valence-electron chi connectivity index (χ0n) is 21.1. The van der Waals surface area contributed by atoms with E-state index in [2.05, 4.69) is 19.8 Å². The van der Waals surface area contributed by atoms with Crippen molar-refractivity contribution in [2.45, 2.75) is 6.54 Å². The van der Waals surface area contributed by atoms with E-state index in [-0.39, 0.29) is 10.5 Å². The van der Waals surface area contributed by atoms with E-state index in [1.54, 1.807) is 13.3 Å². The van der Waals surface area contributed by atoms with Crippen molar-refractivity contribution in [3.8, 4) is 5.75 Å². The van der Waals surface area contributed by atoms with Crippen LogP contribution in [0.1, 0.15) is 15.2 Å². The van der Waals surface area contributed by atoms with E-state index >= 15 is 0 Å². The van der Waals surface area contributed by atoms with Crippen molar-refractivity contribution in [3.63, 3.8) is 0 Å². The van der Waals surface area contributed by atoms with Crippen LogP contribution in [0.3, 0.4) is 0 Å². The van der Waals surface area contributed by atoms with Gasteiger partial charge in [0.15, 0.2) is 15.9 Å². The van der Waals surface area contributed by atoms with E-state index in [0.717, 1.165) is 33.0 Å². The monoisotopic (exact) mass is 581 g/mol. The van der Waals surface area contributed by atoms with Crippen molar-refractivity contribution in [1.29, 1.82) is 0 Å². The summed E-state index contributed by atoms with van der Waals surface area (Å²) in [4.78, 5) is 32.0. The van der Waals surface area contributed by atoms with Crippen molar-refractivity contribution in [3.05, 3.63) is 80.5 Å². The molecular formula is C27H22ClN4O5S2+. The summed E-state index contributed by atoms with van der Waals surface area (Å²) in [7, 11) is 3.84. The van der Waals surface area contributed by atoms with Gasteiger partial charge in [-0.1, -0.05) is 23.7 Å². The summed E-state index contributed by atoms with van der Waals surface area (Å²) >= 11 is 7.61. The standard InChI is InChI=1S/C18H14ClN3O3S.C9H8NO2S/c1-24-11-5-3-10(4-6-11)7-22-8-12-13-9-26-16(18(23)25-2)14(13)20-17(19)15(12)21-22;1-12-9(11)13-5-7-3-2-4-10-8(7)6-13/h3-6,8-9H,7H2,1-2H3;2-6H,1H3/q;+1. The Hall–Kier alpha value is -4.06. The van der Waals surface area contributed by atoms with E-state index in [0.29, 0.717) is 22.5 Å². The van der Waals surface area contributed by atoms with Crippen LogP contribution in [0.4, 0.5) is 4.79 Å². The Kier molecular flexibility index (Phi) is 7.73. The van der Waals surface area contributed by atoms with E-state index in [9.17, 15) is 9.59 Å². The first kappa shape index (κ1) is 26.5. The molecule has 0 aliphatic rings. The van der Waals surface area contributed by atoms with Crippen LogP contribution in [-0.2, 0) is 16.0 Å². The second kappa shape index (κ2) is 11.4. The number of carbonyl (C=O) groups is 2. The fraction of sp³-hybridized carbons (Fsp3) is 0.148. The Balaban J connectivity index is 0.000000198. The summed E-state index contributed by atoms with van der Waals surface area (Å²) in [6.07, 6.45) is 3.64. The van der Waals surface area contributed by atoms with E-state index in [4.69, 9.17) is 21.1 Å². The maximum absolute atomic E-state index is 11.9. The molecule has 12 heteroatoms. The quantitative estimate of drug-likeness (QED) is 0.125. The number of hydrogen-bond donors (Lipinski definition) is 0. The lowest BCUT2D eigenvalue weighted by Gasteiger charge is -2.03. The highest BCUT2D eigenvalue weighted by Gasteiger charge is 2.21. The van der Waals surface area contributed by atoms with Crippen molar-refractivity contribution in [1.82, 2.24) is 19.7 Å². The number of hydrogen-bond acceptors (Lipinski definition) is 9. The van der Waals surface area contributed by atoms with Crippen LogP contribution in [0.2, 0.25) is 5.15 Å². The molecule has 1 atom stereocenters. The molecule has 0 aliphatic heterocycles. The average molecular weight is 582 g/mol. The number of methoxy groups -OCH3 is 3. The minimum atomic E-state index is -0.542. The Morgan fingerprint density at radius 1 is 1.03 bits per heavy atom. The molecule has 9 nitrogen and oxygen atoms in total. The van der Waals surface area contributed by atoms with Gasteiger partial charge >= 0.3 is 11.3 Å². The predicted molar refractivity (Wildman–Crippen MR) is 153 cm³/mol. The van der Waals surface area contributed by atoms with Gasteiger partial charge in [-0.05, 0) is 29.8 Å². The van der Waals surface area contributed by atoms with Gasteiger partial charge in [0.1, 0.15) is 21.7 Å². The number of thiophene rings is 2. The summed E-state index contributed by atoms with van der Waals surface area (Å²) in [5.41, 5.74) is 3.11. The van der Waals surface area contributed by atoms with Gasteiger partial charge in [0.05, 0.1) is 49.2 Å². The zero-order valence-corrected chi connectivity index (χ0v) is 23.5. The highest BCUT2D eigenvalue weighted by atomic mass is 35.5. The molecule has 0 aliphatic carbocycles. The fourth-order valence-electron chi connectivity index (χ4n) is 3.92. The molecule has 5 aromatic heterocycles. The van der Waals surface area contributed by atoms with Gasteiger partial charge in [0.2, 0.25) is 0 Å². The first-order valence-electron chi connectivity index (χ1n) is 11.5. The summed E-state index contributed by atoms with van der Waals surface area (Å²) < 4.78 is 16.5. The first-order valence-corrected chi connectivity index (χ1v) is 14.1. The van der Waals surface area contributed by atoms with Crippen molar-refractivity contribution in [2.75, 3.05) is 21.3 Å². The van der Waals surface area contributed by atoms with Crippen molar-refractivity contribution in [2.24, 2.45) is 0 Å². The number of rotatable bonds is 5. The molecule has 1 unspecified atom stereocenters. The summed E-state index contributed by atoms with van der Waals surface area (Å²) in [6.45, 7) is 0.588. The van der Waals surface area contributed by atoms with Gasteiger partial charge in [0.25, 0.3) is 0 Å². The zero-order chi connectivity index (χ0) is 27.5. The molecule has 198 valence electrons. The lowest BCUT2D eigenvalue weighted by Crippen LogP contribution is -2.00. The van der Waals surface area contributed by atoms with Crippen molar-refractivity contribution >= 4 is 77.4 Å². The third-order valence-electron chi connectivity index (χ3n) is 5.82. The van der Waals surface area contributed by atoms with Crippen LogP contribution in [0, 0.1) is 0 Å². The molecule has 0 saturated heterocycles. The van der Waals surface area contributed by atoms with Crippen LogP contribution >= 0.6 is 33.4 Å². The van der Waals surface area contributed by atoms with Crippen LogP contribution in [0.15, 0.2) is 64.9 Å². The number of pyridine rings is 2. The molecule has 0 N–H and O–H groups in total. The Morgan fingerprint density at radius 3 is 2.51 bits per heavy atom. The fourth-order valence-corrected chi connectivity index (χ4v) is 6.43. The minimum absolute atomic E-state index is 0.210. The molecule has 1 aromatic carbocycles. The highest BCUT2D eigenvalue weighted by molar-refractivity contribution is 7.49. The molecular weight excluding hydrogens is 560 g/mol. The molecule has 5 heterocycles. The molecule has 0 radical (unpaired) electrons. The van der Waals surface area contributed by atoms with Gasteiger partial charge in [-0.2, -0.15) is 9.89 Å². The molecule has 0 amide bonds. The number of carbonyl (C=O) groups excluding carboxylic acids is 2. The summed E-state index contributed by atoms with van der Waals surface area (Å²) in [6, 6.07) is 11.6. The van der Waals surface area contributed by atoms with Gasteiger partial charge in [-0.3, -0.25) is 9.67 Å². The molecule has 0 bridgehead atoms. The minimum Gasteiger partial charge on any atom is -0.497 e. The van der Waals surface area contributed by atoms with Gasteiger partial charge in [-0.25, -0.2) is 9.78 Å². The third kappa shape index (κ3) is 5.42. The highest BCUT2D eigenvalue weighted by Crippen LogP contribution is 2.34. The van der Waals surface area contributed by atoms with Crippen LogP contribution < -0.4 is 4.74 Å². The normalized spacial score (nSPS) is 11.3. The lowest BCUT2D eigenvalue weighted by molar-refractivity contribution is 0.0608. The molecule has 0 spiro atoms. The number of esters is 1. The SMILES string of the molecule is COC(=O)[s+]1cc2cccnc2c1.COC(=O)c1scc2c1nc(Cl)c1nn(Cc3ccc(OC)cc3)cc12. The Morgan fingerprint density at radius 2 is 1.82 bits per heavy atom. The van der Waals surface area contributed by atoms with Gasteiger partial charge in [0, 0.05) is 28.5 Å². The third-order valence-corrected chi connectivity index (χ3v) is 8.57. The number of benzene rings is 1. The first-order chi connectivity index (χ1) is 18.9. The maximum Gasteiger partial charge on any atom is 0.554 e. The van der Waals surface area contributed by atoms with E-state index in [1.165, 1.54) is 25.6 Å². The largest absolute Gasteiger partial charge is 0.554 e. The molecule has 6 aromatic rings. The van der Waals surface area contributed by atoms with E-state index in [1.807, 2.05) is 63.4 Å². The number of ether oxygens (including phenoxy) is 3. The van der Waals surface area contributed by atoms with Crippen molar-refractivity contribution < 1.29 is 23.8 Å². The van der Waals surface area contributed by atoms with Gasteiger partial charge in [-0.15, -0.1) is 11.3 Å². The van der Waals surface area contributed by atoms with Crippen LogP contribution in [0.25, 0.3) is 32.7 Å². The molecule has 0 fully saturated rings. The lowest BCUT2D eigenvalue weighted by atomic mass is 10.2. The van der Waals surface area contributed by atoms with Crippen LogP contribution in [-0.4, -0.2) is 52.3 Å². The number of aromatic nitrogens is 4. The number of nitrogens with zero attached hydrogens (tertiary/aromatic N) is 4. The van der Waals surface area contributed by atoms with E-state index < -0.39 is 16.4 Å². The molecule has 0 saturated carbocycles. The molecule has 6 rings (SSSR count). The second-order valence-corrected chi connectivity index (χ2v) is 11.0. The van der Waals surface area contributed by atoms with Gasteiger partial charge < -0.3 is 14.2 Å². The Labute approximate surface area is 234 Å². The number of halogens is 1. The van der Waals surface area contributed by atoms with Crippen LogP contribution in [0.5, 0.6) is 5.75 Å².